The number of hydrogen-bond donors (Lipinski definition) is 0. The fourth-order valence-corrected chi connectivity index (χ4v) is 3.50. The number of carbonyl (C=O) groups excluding carboxylic acids is 2. The van der Waals surface area contributed by atoms with Crippen molar-refractivity contribution in [2.45, 2.75) is 19.8 Å². The highest BCUT2D eigenvalue weighted by molar-refractivity contribution is 5.92. The van der Waals surface area contributed by atoms with E-state index in [4.69, 9.17) is 0 Å². The first-order chi connectivity index (χ1) is 14.2. The number of benzene rings is 1. The minimum Gasteiger partial charge on any atom is -0.340 e. The first kappa shape index (κ1) is 20.9. The molecule has 0 bridgehead atoms. The first-order valence-corrected chi connectivity index (χ1v) is 10.3. The summed E-state index contributed by atoms with van der Waals surface area (Å²) in [5.74, 6) is -0.0740. The molecule has 7 nitrogen and oxygen atoms in total. The summed E-state index contributed by atoms with van der Waals surface area (Å²) in [6.45, 7) is 7.42. The molecule has 0 spiro atoms. The van der Waals surface area contributed by atoms with Crippen LogP contribution in [0.2, 0.25) is 0 Å². The van der Waals surface area contributed by atoms with Gasteiger partial charge in [0, 0.05) is 58.1 Å². The van der Waals surface area contributed by atoms with Crippen molar-refractivity contribution in [3.05, 3.63) is 60.2 Å². The van der Waals surface area contributed by atoms with Crippen LogP contribution in [0.25, 0.3) is 0 Å². The second-order valence-electron chi connectivity index (χ2n) is 7.18. The number of likely N-dealkylation sites (N-methyl/N-ethyl adjacent to an activating group) is 1. The monoisotopic (exact) mass is 395 g/mol. The Labute approximate surface area is 172 Å². The van der Waals surface area contributed by atoms with Crippen molar-refractivity contribution in [2.75, 3.05) is 45.8 Å². The Kier molecular flexibility index (Phi) is 7.69. The molecule has 1 aliphatic heterocycles. The molecule has 0 aliphatic carbocycles. The van der Waals surface area contributed by atoms with Crippen LogP contribution in [0, 0.1) is 0 Å². The summed E-state index contributed by atoms with van der Waals surface area (Å²) in [5.41, 5.74) is 1.47. The summed E-state index contributed by atoms with van der Waals surface area (Å²) < 4.78 is 0. The maximum atomic E-state index is 12.9. The normalized spacial score (nSPS) is 14.6. The number of carbonyl (C=O) groups is 2. The van der Waals surface area contributed by atoms with E-state index >= 15 is 0 Å². The summed E-state index contributed by atoms with van der Waals surface area (Å²) in [6, 6.07) is 10.0. The summed E-state index contributed by atoms with van der Waals surface area (Å²) in [4.78, 5) is 39.7. The zero-order valence-electron chi connectivity index (χ0n) is 17.0. The van der Waals surface area contributed by atoms with Crippen LogP contribution in [0.3, 0.4) is 0 Å². The molecule has 1 aromatic carbocycles. The third-order valence-electron chi connectivity index (χ3n) is 5.35. The van der Waals surface area contributed by atoms with Crippen molar-refractivity contribution in [1.82, 2.24) is 24.7 Å². The molecule has 3 rings (SSSR count). The SMILES string of the molecule is CCN1CCN(C(=O)CCN(CCc2ccccc2)C(=O)c2cnccn2)CC1. The molecule has 7 heteroatoms. The van der Waals surface area contributed by atoms with Gasteiger partial charge in [0.1, 0.15) is 5.69 Å². The highest BCUT2D eigenvalue weighted by atomic mass is 16.2. The van der Waals surface area contributed by atoms with Gasteiger partial charge in [0.25, 0.3) is 5.91 Å². The molecule has 29 heavy (non-hydrogen) atoms. The van der Waals surface area contributed by atoms with Crippen LogP contribution in [0.1, 0.15) is 29.4 Å². The summed E-state index contributed by atoms with van der Waals surface area (Å²) >= 11 is 0. The third-order valence-corrected chi connectivity index (χ3v) is 5.35. The van der Waals surface area contributed by atoms with Crippen molar-refractivity contribution in [3.8, 4) is 0 Å². The van der Waals surface area contributed by atoms with Crippen LogP contribution in [0.5, 0.6) is 0 Å². The topological polar surface area (TPSA) is 69.6 Å². The molecule has 0 saturated carbocycles. The molecule has 2 amide bonds. The predicted molar refractivity (Wildman–Crippen MR) is 111 cm³/mol. The second kappa shape index (κ2) is 10.7. The van der Waals surface area contributed by atoms with Crippen molar-refractivity contribution < 1.29 is 9.59 Å². The molecule has 0 atom stereocenters. The molecule has 1 saturated heterocycles. The molecule has 154 valence electrons. The van der Waals surface area contributed by atoms with E-state index in [0.717, 1.165) is 44.7 Å². The van der Waals surface area contributed by atoms with E-state index in [-0.39, 0.29) is 11.8 Å². The largest absolute Gasteiger partial charge is 0.340 e. The Morgan fingerprint density at radius 1 is 1.03 bits per heavy atom. The average molecular weight is 396 g/mol. The Morgan fingerprint density at radius 3 is 2.45 bits per heavy atom. The zero-order chi connectivity index (χ0) is 20.5. The van der Waals surface area contributed by atoms with E-state index in [1.807, 2.05) is 35.2 Å². The fourth-order valence-electron chi connectivity index (χ4n) is 3.50. The van der Waals surface area contributed by atoms with Gasteiger partial charge in [-0.3, -0.25) is 14.6 Å². The Hall–Kier alpha value is -2.80. The molecule has 2 heterocycles. The molecular formula is C22H29N5O2. The molecule has 1 fully saturated rings. The van der Waals surface area contributed by atoms with Gasteiger partial charge in [0.05, 0.1) is 6.20 Å². The minimum absolute atomic E-state index is 0.109. The number of aromatic nitrogens is 2. The van der Waals surface area contributed by atoms with Gasteiger partial charge in [-0.2, -0.15) is 0 Å². The van der Waals surface area contributed by atoms with Crippen LogP contribution in [-0.2, 0) is 11.2 Å². The molecular weight excluding hydrogens is 366 g/mol. The number of piperazine rings is 1. The van der Waals surface area contributed by atoms with Gasteiger partial charge in [-0.05, 0) is 18.5 Å². The summed E-state index contributed by atoms with van der Waals surface area (Å²) in [6.07, 6.45) is 5.60. The van der Waals surface area contributed by atoms with E-state index < -0.39 is 0 Å². The van der Waals surface area contributed by atoms with Crippen LogP contribution in [0.4, 0.5) is 0 Å². The van der Waals surface area contributed by atoms with E-state index in [9.17, 15) is 9.59 Å². The minimum atomic E-state index is -0.183. The van der Waals surface area contributed by atoms with E-state index in [1.54, 1.807) is 11.1 Å². The van der Waals surface area contributed by atoms with Crippen LogP contribution < -0.4 is 0 Å². The number of amides is 2. The smallest absolute Gasteiger partial charge is 0.274 e. The number of rotatable bonds is 8. The average Bonchev–Trinajstić information content (AvgIpc) is 2.80. The van der Waals surface area contributed by atoms with Crippen molar-refractivity contribution in [2.24, 2.45) is 0 Å². The molecule has 0 unspecified atom stereocenters. The number of nitrogens with zero attached hydrogens (tertiary/aromatic N) is 5. The van der Waals surface area contributed by atoms with E-state index in [1.165, 1.54) is 12.4 Å². The van der Waals surface area contributed by atoms with Crippen LogP contribution >= 0.6 is 0 Å². The zero-order valence-corrected chi connectivity index (χ0v) is 17.0. The van der Waals surface area contributed by atoms with Gasteiger partial charge in [-0.25, -0.2) is 4.98 Å². The van der Waals surface area contributed by atoms with Gasteiger partial charge in [0.2, 0.25) is 5.91 Å². The lowest BCUT2D eigenvalue weighted by Crippen LogP contribution is -2.49. The second-order valence-corrected chi connectivity index (χ2v) is 7.18. The lowest BCUT2D eigenvalue weighted by Gasteiger charge is -2.34. The Bertz CT molecular complexity index is 776. The lowest BCUT2D eigenvalue weighted by atomic mass is 10.1. The van der Waals surface area contributed by atoms with Gasteiger partial charge in [-0.15, -0.1) is 0 Å². The molecule has 0 N–H and O–H groups in total. The van der Waals surface area contributed by atoms with E-state index in [0.29, 0.717) is 25.2 Å². The van der Waals surface area contributed by atoms with E-state index in [2.05, 4.69) is 21.8 Å². The van der Waals surface area contributed by atoms with Gasteiger partial charge >= 0.3 is 0 Å². The van der Waals surface area contributed by atoms with Gasteiger partial charge in [0.15, 0.2) is 0 Å². The maximum Gasteiger partial charge on any atom is 0.274 e. The van der Waals surface area contributed by atoms with Crippen LogP contribution in [0.15, 0.2) is 48.9 Å². The predicted octanol–water partition coefficient (Wildman–Crippen LogP) is 1.72. The maximum absolute atomic E-state index is 12.9. The van der Waals surface area contributed by atoms with Crippen molar-refractivity contribution in [1.29, 1.82) is 0 Å². The van der Waals surface area contributed by atoms with Gasteiger partial charge < -0.3 is 14.7 Å². The molecule has 1 aromatic heterocycles. The lowest BCUT2D eigenvalue weighted by molar-refractivity contribution is -0.133. The van der Waals surface area contributed by atoms with Crippen molar-refractivity contribution in [3.63, 3.8) is 0 Å². The highest BCUT2D eigenvalue weighted by Gasteiger charge is 2.23. The molecule has 2 aromatic rings. The summed E-state index contributed by atoms with van der Waals surface area (Å²) in [5, 5.41) is 0. The van der Waals surface area contributed by atoms with Crippen LogP contribution in [-0.4, -0.2) is 82.3 Å². The number of hydrogen-bond acceptors (Lipinski definition) is 5. The quantitative estimate of drug-likeness (QED) is 0.681. The first-order valence-electron chi connectivity index (χ1n) is 10.3. The van der Waals surface area contributed by atoms with Crippen molar-refractivity contribution >= 4 is 11.8 Å². The molecule has 1 aliphatic rings. The Morgan fingerprint density at radius 2 is 1.79 bits per heavy atom. The summed E-state index contributed by atoms with van der Waals surface area (Å²) in [7, 11) is 0. The van der Waals surface area contributed by atoms with Gasteiger partial charge in [-0.1, -0.05) is 37.3 Å². The standard InChI is InChI=1S/C22H29N5O2/c1-2-25-14-16-26(17-15-25)21(28)9-13-27(12-8-19-6-4-3-5-7-19)22(29)20-18-23-10-11-24-20/h3-7,10-11,18H,2,8-9,12-17H2,1H3. The molecule has 0 radical (unpaired) electrons. The Balaban J connectivity index is 1.60. The third kappa shape index (κ3) is 6.09. The fraction of sp³-hybridized carbons (Fsp3) is 0.455. The highest BCUT2D eigenvalue weighted by Crippen LogP contribution is 2.09.